The molecule has 0 aliphatic carbocycles. The fourth-order valence-corrected chi connectivity index (χ4v) is 5.20. The van der Waals surface area contributed by atoms with Gasteiger partial charge in [-0.25, -0.2) is 4.98 Å². The number of hydrogen-bond acceptors (Lipinski definition) is 5. The predicted molar refractivity (Wildman–Crippen MR) is 111 cm³/mol. The van der Waals surface area contributed by atoms with Gasteiger partial charge in [0.25, 0.3) is 0 Å². The molecule has 0 spiro atoms. The van der Waals surface area contributed by atoms with Gasteiger partial charge in [0.1, 0.15) is 5.52 Å². The molecule has 0 aliphatic rings. The number of thioether (sulfide) groups is 1. The smallest absolute Gasteiger partial charge is 0.310 e. The van der Waals surface area contributed by atoms with E-state index in [2.05, 4.69) is 21.2 Å². The van der Waals surface area contributed by atoms with Crippen molar-refractivity contribution in [2.24, 2.45) is 7.05 Å². The summed E-state index contributed by atoms with van der Waals surface area (Å²) in [6.07, 6.45) is -4.56. The number of aromatic nitrogens is 4. The summed E-state index contributed by atoms with van der Waals surface area (Å²) in [4.78, 5) is 7.39. The first-order chi connectivity index (χ1) is 13.8. The van der Waals surface area contributed by atoms with Crippen molar-refractivity contribution in [3.63, 3.8) is 0 Å². The number of alkyl halides is 3. The molecule has 0 fully saturated rings. The second kappa shape index (κ2) is 7.62. The van der Waals surface area contributed by atoms with Gasteiger partial charge in [0.2, 0.25) is 0 Å². The largest absolute Gasteiger partial charge is 0.435 e. The first-order valence-electron chi connectivity index (χ1n) is 8.58. The van der Waals surface area contributed by atoms with E-state index >= 15 is 0 Å². The van der Waals surface area contributed by atoms with Crippen LogP contribution in [-0.2, 0) is 13.2 Å². The Hall–Kier alpha value is -2.10. The predicted octanol–water partition coefficient (Wildman–Crippen LogP) is 6.54. The van der Waals surface area contributed by atoms with Crippen LogP contribution >= 0.6 is 34.7 Å². The summed E-state index contributed by atoms with van der Waals surface area (Å²) in [5.74, 6) is 1.42. The van der Waals surface area contributed by atoms with Crippen LogP contribution in [-0.4, -0.2) is 25.5 Å². The van der Waals surface area contributed by atoms with Crippen molar-refractivity contribution < 1.29 is 13.2 Å². The molecule has 0 bridgehead atoms. The van der Waals surface area contributed by atoms with Crippen LogP contribution in [0.2, 0.25) is 5.02 Å². The van der Waals surface area contributed by atoms with E-state index in [1.54, 1.807) is 23.4 Å². The van der Waals surface area contributed by atoms with Gasteiger partial charge in [0, 0.05) is 27.9 Å². The summed E-state index contributed by atoms with van der Waals surface area (Å²) in [5, 5.41) is 7.73. The van der Waals surface area contributed by atoms with Gasteiger partial charge in [-0.1, -0.05) is 30.7 Å². The summed E-state index contributed by atoms with van der Waals surface area (Å²) in [5.41, 5.74) is 0.438. The lowest BCUT2D eigenvalue weighted by Crippen LogP contribution is -2.09. The van der Waals surface area contributed by atoms with E-state index in [0.29, 0.717) is 16.5 Å². The molecule has 0 N–H and O–H groups in total. The Labute approximate surface area is 177 Å². The van der Waals surface area contributed by atoms with Gasteiger partial charge in [-0.05, 0) is 29.5 Å². The molecule has 0 unspecified atom stereocenters. The number of aryl methyl sites for hydroxylation is 1. The molecule has 0 radical (unpaired) electrons. The van der Waals surface area contributed by atoms with Gasteiger partial charge in [-0.2, -0.15) is 13.2 Å². The quantitative estimate of drug-likeness (QED) is 0.328. The van der Waals surface area contributed by atoms with E-state index in [4.69, 9.17) is 11.6 Å². The number of halogens is 4. The van der Waals surface area contributed by atoms with Crippen molar-refractivity contribution in [2.45, 2.75) is 18.0 Å². The zero-order valence-corrected chi connectivity index (χ0v) is 17.7. The maximum Gasteiger partial charge on any atom is 0.435 e. The summed E-state index contributed by atoms with van der Waals surface area (Å²) >= 11 is 9.17. The molecule has 0 atom stereocenters. The van der Waals surface area contributed by atoms with Crippen LogP contribution in [0.3, 0.4) is 0 Å². The minimum Gasteiger partial charge on any atom is -0.310 e. The van der Waals surface area contributed by atoms with Crippen molar-refractivity contribution in [2.75, 3.05) is 5.75 Å². The van der Waals surface area contributed by atoms with Gasteiger partial charge in [-0.15, -0.1) is 33.3 Å². The first-order valence-corrected chi connectivity index (χ1v) is 10.8. The van der Waals surface area contributed by atoms with E-state index in [-0.39, 0.29) is 5.52 Å². The highest BCUT2D eigenvalue weighted by Crippen LogP contribution is 2.43. The normalized spacial score (nSPS) is 12.1. The fraction of sp³-hybridized carbons (Fsp3) is 0.211. The summed E-state index contributed by atoms with van der Waals surface area (Å²) in [7, 11) is 1.73. The molecule has 0 amide bonds. The Bertz CT molecular complexity index is 1180. The van der Waals surface area contributed by atoms with Gasteiger partial charge < -0.3 is 4.57 Å². The summed E-state index contributed by atoms with van der Waals surface area (Å²) < 4.78 is 40.6. The maximum atomic E-state index is 13.0. The standard InChI is InChI=1S/C19H14ClF3N4S2/c1-3-28-14-9-13(10-4-6-11(20)7-5-10)29-16(14)18-24-12-8-15(19(21,22)23)25-26-17(12)27(18)2/h4-9H,3H2,1-2H3. The molecular formula is C19H14ClF3N4S2. The molecular weight excluding hydrogens is 441 g/mol. The number of fused-ring (bicyclic) bond motifs is 1. The van der Waals surface area contributed by atoms with E-state index < -0.39 is 11.9 Å². The van der Waals surface area contributed by atoms with Crippen LogP contribution in [0.15, 0.2) is 41.3 Å². The SMILES string of the molecule is CCSc1cc(-c2ccc(Cl)cc2)sc1-c1nc2cc(C(F)(F)F)nnc2n1C. The lowest BCUT2D eigenvalue weighted by atomic mass is 10.2. The van der Waals surface area contributed by atoms with Crippen LogP contribution in [0.1, 0.15) is 12.6 Å². The van der Waals surface area contributed by atoms with Crippen molar-refractivity contribution in [3.05, 3.63) is 47.1 Å². The van der Waals surface area contributed by atoms with E-state index in [1.165, 1.54) is 11.3 Å². The minimum atomic E-state index is -4.56. The molecule has 4 rings (SSSR count). The number of hydrogen-bond donors (Lipinski definition) is 0. The Balaban J connectivity index is 1.85. The zero-order chi connectivity index (χ0) is 20.8. The van der Waals surface area contributed by atoms with Crippen LogP contribution in [0.5, 0.6) is 0 Å². The monoisotopic (exact) mass is 454 g/mol. The molecule has 1 aromatic carbocycles. The van der Waals surface area contributed by atoms with Gasteiger partial charge in [0.05, 0.1) is 4.88 Å². The van der Waals surface area contributed by atoms with Crippen molar-refractivity contribution >= 4 is 45.9 Å². The lowest BCUT2D eigenvalue weighted by Gasteiger charge is -2.04. The van der Waals surface area contributed by atoms with Crippen molar-refractivity contribution in [3.8, 4) is 21.1 Å². The molecule has 10 heteroatoms. The maximum absolute atomic E-state index is 13.0. The van der Waals surface area contributed by atoms with Gasteiger partial charge >= 0.3 is 6.18 Å². The third kappa shape index (κ3) is 3.86. The second-order valence-corrected chi connectivity index (χ2v) is 8.97. The van der Waals surface area contributed by atoms with E-state index in [0.717, 1.165) is 32.0 Å². The van der Waals surface area contributed by atoms with Gasteiger partial charge in [0.15, 0.2) is 17.2 Å². The second-order valence-electron chi connectivity index (χ2n) is 6.17. The minimum absolute atomic E-state index is 0.165. The number of rotatable bonds is 4. The molecule has 4 nitrogen and oxygen atoms in total. The topological polar surface area (TPSA) is 43.6 Å². The average Bonchev–Trinajstić information content (AvgIpc) is 3.23. The molecule has 4 aromatic rings. The molecule has 150 valence electrons. The third-order valence-electron chi connectivity index (χ3n) is 4.24. The Kier molecular flexibility index (Phi) is 5.30. The molecule has 29 heavy (non-hydrogen) atoms. The Morgan fingerprint density at radius 3 is 2.52 bits per heavy atom. The number of benzene rings is 1. The molecule has 0 saturated heterocycles. The van der Waals surface area contributed by atoms with Crippen LogP contribution in [0.4, 0.5) is 13.2 Å². The highest BCUT2D eigenvalue weighted by atomic mass is 35.5. The Morgan fingerprint density at radius 1 is 1.14 bits per heavy atom. The van der Waals surface area contributed by atoms with Gasteiger partial charge in [-0.3, -0.25) is 0 Å². The molecule has 0 saturated carbocycles. The number of thiophene rings is 1. The Morgan fingerprint density at radius 2 is 1.86 bits per heavy atom. The molecule has 3 aromatic heterocycles. The summed E-state index contributed by atoms with van der Waals surface area (Å²) in [6, 6.07) is 10.5. The average molecular weight is 455 g/mol. The third-order valence-corrected chi connectivity index (χ3v) is 6.72. The van der Waals surface area contributed by atoms with Crippen LogP contribution in [0.25, 0.3) is 32.3 Å². The number of imidazole rings is 1. The molecule has 3 heterocycles. The lowest BCUT2D eigenvalue weighted by molar-refractivity contribution is -0.141. The van der Waals surface area contributed by atoms with Crippen molar-refractivity contribution in [1.29, 1.82) is 0 Å². The zero-order valence-electron chi connectivity index (χ0n) is 15.3. The van der Waals surface area contributed by atoms with Crippen LogP contribution < -0.4 is 0 Å². The molecule has 0 aliphatic heterocycles. The highest BCUT2D eigenvalue weighted by Gasteiger charge is 2.34. The van der Waals surface area contributed by atoms with E-state index in [9.17, 15) is 13.2 Å². The van der Waals surface area contributed by atoms with Crippen LogP contribution in [0, 0.1) is 0 Å². The van der Waals surface area contributed by atoms with E-state index in [1.807, 2.05) is 31.2 Å². The highest BCUT2D eigenvalue weighted by molar-refractivity contribution is 7.99. The first kappa shape index (κ1) is 20.2. The summed E-state index contributed by atoms with van der Waals surface area (Å²) in [6.45, 7) is 2.05. The number of nitrogens with zero attached hydrogens (tertiary/aromatic N) is 4. The fourth-order valence-electron chi connectivity index (χ4n) is 2.88. The van der Waals surface area contributed by atoms with Crippen molar-refractivity contribution in [1.82, 2.24) is 19.7 Å².